The molecule has 1 aromatic carbocycles. The normalized spacial score (nSPS) is 12.2. The van der Waals surface area contributed by atoms with Crippen LogP contribution in [0.1, 0.15) is 12.0 Å². The summed E-state index contributed by atoms with van der Waals surface area (Å²) in [4.78, 5) is 13.8. The Balaban J connectivity index is 2.63. The molecular formula is C11H11F3N2O2. The Bertz CT molecular complexity index is 613. The number of aryl methyl sites for hydroxylation is 1. The third-order valence-electron chi connectivity index (χ3n) is 2.66. The Morgan fingerprint density at radius 1 is 1.33 bits per heavy atom. The molecule has 4 nitrogen and oxygen atoms in total. The van der Waals surface area contributed by atoms with E-state index in [4.69, 9.17) is 5.11 Å². The molecule has 0 radical (unpaired) electrons. The van der Waals surface area contributed by atoms with Gasteiger partial charge in [-0.2, -0.15) is 13.2 Å². The molecule has 0 unspecified atom stereocenters. The van der Waals surface area contributed by atoms with E-state index in [-0.39, 0.29) is 24.2 Å². The second-order valence-electron chi connectivity index (χ2n) is 3.86. The molecule has 2 N–H and O–H groups in total. The summed E-state index contributed by atoms with van der Waals surface area (Å²) in [5.74, 6) is 0. The number of aromatic nitrogens is 2. The van der Waals surface area contributed by atoms with E-state index in [9.17, 15) is 18.0 Å². The van der Waals surface area contributed by atoms with Crippen LogP contribution in [0.3, 0.4) is 0 Å². The lowest BCUT2D eigenvalue weighted by molar-refractivity contribution is -0.136. The molecule has 0 atom stereocenters. The first-order chi connectivity index (χ1) is 8.45. The van der Waals surface area contributed by atoms with Gasteiger partial charge in [-0.25, -0.2) is 4.79 Å². The number of rotatable bonds is 3. The molecule has 0 aliphatic rings. The minimum absolute atomic E-state index is 0.127. The van der Waals surface area contributed by atoms with Gasteiger partial charge in [-0.3, -0.25) is 4.57 Å². The lowest BCUT2D eigenvalue weighted by Crippen LogP contribution is -2.17. The standard InChI is InChI=1S/C11H11F3N2O2/c12-11(13,14)7-3-1-4-8-9(7)15-10(18)16(8)5-2-6-17/h1,3-4,17H,2,5-6H2,(H,15,18). The molecule has 7 heteroatoms. The van der Waals surface area contributed by atoms with Gasteiger partial charge >= 0.3 is 11.9 Å². The van der Waals surface area contributed by atoms with E-state index in [1.54, 1.807) is 0 Å². The highest BCUT2D eigenvalue weighted by molar-refractivity contribution is 5.79. The number of hydrogen-bond donors (Lipinski definition) is 2. The predicted molar refractivity (Wildman–Crippen MR) is 59.3 cm³/mol. The number of hydrogen-bond acceptors (Lipinski definition) is 2. The monoisotopic (exact) mass is 260 g/mol. The molecule has 0 aliphatic heterocycles. The molecule has 0 bridgehead atoms. The summed E-state index contributed by atoms with van der Waals surface area (Å²) in [5, 5.41) is 8.71. The van der Waals surface area contributed by atoms with Crippen molar-refractivity contribution in [2.24, 2.45) is 0 Å². The topological polar surface area (TPSA) is 58.0 Å². The Labute approximate surface area is 99.7 Å². The van der Waals surface area contributed by atoms with Gasteiger partial charge in [0.2, 0.25) is 0 Å². The Morgan fingerprint density at radius 2 is 2.06 bits per heavy atom. The van der Waals surface area contributed by atoms with Crippen LogP contribution in [0.25, 0.3) is 11.0 Å². The number of H-pyrrole nitrogens is 1. The van der Waals surface area contributed by atoms with Crippen molar-refractivity contribution in [3.05, 3.63) is 34.2 Å². The highest BCUT2D eigenvalue weighted by Crippen LogP contribution is 2.33. The SMILES string of the molecule is O=c1[nH]c2c(C(F)(F)F)cccc2n1CCCO. The molecule has 2 rings (SSSR count). The fourth-order valence-corrected chi connectivity index (χ4v) is 1.87. The molecule has 0 saturated carbocycles. The van der Waals surface area contributed by atoms with Gasteiger partial charge in [-0.05, 0) is 18.6 Å². The second kappa shape index (κ2) is 4.49. The first-order valence-corrected chi connectivity index (χ1v) is 5.34. The van der Waals surface area contributed by atoms with E-state index in [0.717, 1.165) is 6.07 Å². The number of fused-ring (bicyclic) bond motifs is 1. The summed E-state index contributed by atoms with van der Waals surface area (Å²) in [6.07, 6.45) is -4.20. The average molecular weight is 260 g/mol. The minimum Gasteiger partial charge on any atom is -0.396 e. The lowest BCUT2D eigenvalue weighted by Gasteiger charge is -2.07. The fourth-order valence-electron chi connectivity index (χ4n) is 1.87. The van der Waals surface area contributed by atoms with Gasteiger partial charge in [0.1, 0.15) is 0 Å². The zero-order valence-electron chi connectivity index (χ0n) is 9.29. The van der Waals surface area contributed by atoms with Crippen LogP contribution in [0.15, 0.2) is 23.0 Å². The number of nitrogens with zero attached hydrogens (tertiary/aromatic N) is 1. The van der Waals surface area contributed by atoms with Crippen LogP contribution < -0.4 is 5.69 Å². The van der Waals surface area contributed by atoms with E-state index < -0.39 is 17.4 Å². The van der Waals surface area contributed by atoms with Crippen molar-refractivity contribution >= 4 is 11.0 Å². The average Bonchev–Trinajstić information content (AvgIpc) is 2.60. The van der Waals surface area contributed by atoms with Crippen molar-refractivity contribution in [1.82, 2.24) is 9.55 Å². The van der Waals surface area contributed by atoms with Crippen LogP contribution >= 0.6 is 0 Å². The summed E-state index contributed by atoms with van der Waals surface area (Å²) in [7, 11) is 0. The highest BCUT2D eigenvalue weighted by Gasteiger charge is 2.33. The summed E-state index contributed by atoms with van der Waals surface area (Å²) in [6, 6.07) is 3.63. The molecule has 1 heterocycles. The van der Waals surface area contributed by atoms with Crippen molar-refractivity contribution < 1.29 is 18.3 Å². The van der Waals surface area contributed by atoms with E-state index in [1.807, 2.05) is 0 Å². The second-order valence-corrected chi connectivity index (χ2v) is 3.86. The fraction of sp³-hybridized carbons (Fsp3) is 0.364. The zero-order chi connectivity index (χ0) is 13.3. The summed E-state index contributed by atoms with van der Waals surface area (Å²) >= 11 is 0. The molecule has 1 aromatic heterocycles. The smallest absolute Gasteiger partial charge is 0.396 e. The van der Waals surface area contributed by atoms with Crippen LogP contribution in [0.2, 0.25) is 0 Å². The molecule has 0 saturated heterocycles. The number of alkyl halides is 3. The van der Waals surface area contributed by atoms with Crippen molar-refractivity contribution in [2.45, 2.75) is 19.1 Å². The highest BCUT2D eigenvalue weighted by atomic mass is 19.4. The number of halogens is 3. The lowest BCUT2D eigenvalue weighted by atomic mass is 10.2. The third-order valence-corrected chi connectivity index (χ3v) is 2.66. The number of aliphatic hydroxyl groups excluding tert-OH is 1. The van der Waals surface area contributed by atoms with Gasteiger partial charge in [0.15, 0.2) is 0 Å². The number of imidazole rings is 1. The van der Waals surface area contributed by atoms with Crippen LogP contribution in [0.4, 0.5) is 13.2 Å². The van der Waals surface area contributed by atoms with Gasteiger partial charge in [0, 0.05) is 13.2 Å². The molecule has 2 aromatic rings. The van der Waals surface area contributed by atoms with E-state index >= 15 is 0 Å². The first-order valence-electron chi connectivity index (χ1n) is 5.34. The van der Waals surface area contributed by atoms with Gasteiger partial charge in [-0.15, -0.1) is 0 Å². The Morgan fingerprint density at radius 3 is 2.67 bits per heavy atom. The van der Waals surface area contributed by atoms with Crippen LogP contribution in [-0.2, 0) is 12.7 Å². The maximum atomic E-state index is 12.7. The zero-order valence-corrected chi connectivity index (χ0v) is 9.29. The van der Waals surface area contributed by atoms with Crippen molar-refractivity contribution in [2.75, 3.05) is 6.61 Å². The van der Waals surface area contributed by atoms with Gasteiger partial charge in [0.25, 0.3) is 0 Å². The first kappa shape index (κ1) is 12.7. The van der Waals surface area contributed by atoms with Gasteiger partial charge in [-0.1, -0.05) is 6.07 Å². The van der Waals surface area contributed by atoms with Crippen LogP contribution in [-0.4, -0.2) is 21.3 Å². The Kier molecular flexibility index (Phi) is 3.16. The predicted octanol–water partition coefficient (Wildman–Crippen LogP) is 1.73. The molecule has 18 heavy (non-hydrogen) atoms. The summed E-state index contributed by atoms with van der Waals surface area (Å²) < 4.78 is 39.4. The van der Waals surface area contributed by atoms with Crippen molar-refractivity contribution in [3.8, 4) is 0 Å². The number of benzene rings is 1. The maximum absolute atomic E-state index is 12.7. The minimum atomic E-state index is -4.51. The summed E-state index contributed by atoms with van der Waals surface area (Å²) in [5.41, 5.74) is -1.48. The van der Waals surface area contributed by atoms with Gasteiger partial charge < -0.3 is 10.1 Å². The van der Waals surface area contributed by atoms with Gasteiger partial charge in [0.05, 0.1) is 16.6 Å². The number of aliphatic hydroxyl groups is 1. The van der Waals surface area contributed by atoms with E-state index in [0.29, 0.717) is 6.42 Å². The molecule has 98 valence electrons. The van der Waals surface area contributed by atoms with E-state index in [1.165, 1.54) is 16.7 Å². The third kappa shape index (κ3) is 2.13. The Hall–Kier alpha value is -1.76. The largest absolute Gasteiger partial charge is 0.418 e. The number of nitrogens with one attached hydrogen (secondary N) is 1. The molecule has 0 aliphatic carbocycles. The van der Waals surface area contributed by atoms with Crippen LogP contribution in [0.5, 0.6) is 0 Å². The maximum Gasteiger partial charge on any atom is 0.418 e. The summed E-state index contributed by atoms with van der Waals surface area (Å²) in [6.45, 7) is 0.0503. The molecule has 0 fully saturated rings. The number of para-hydroxylation sites is 1. The quantitative estimate of drug-likeness (QED) is 0.883. The number of aromatic amines is 1. The van der Waals surface area contributed by atoms with E-state index in [2.05, 4.69) is 4.98 Å². The molecular weight excluding hydrogens is 249 g/mol. The van der Waals surface area contributed by atoms with Crippen LogP contribution in [0, 0.1) is 0 Å². The van der Waals surface area contributed by atoms with Crippen molar-refractivity contribution in [1.29, 1.82) is 0 Å². The molecule has 0 amide bonds. The van der Waals surface area contributed by atoms with Crippen molar-refractivity contribution in [3.63, 3.8) is 0 Å². The molecule has 0 spiro atoms.